The van der Waals surface area contributed by atoms with Crippen molar-refractivity contribution in [1.82, 2.24) is 0 Å². The summed E-state index contributed by atoms with van der Waals surface area (Å²) in [5, 5.41) is 0. The maximum absolute atomic E-state index is 4.22. The quantitative estimate of drug-likeness (QED) is 0.232. The first-order valence-electron chi connectivity index (χ1n) is 13.7. The first-order valence-corrected chi connectivity index (χ1v) is 18.7. The van der Waals surface area contributed by atoms with Crippen LogP contribution in [0.1, 0.15) is 80.1 Å². The molecule has 180 valence electrons. The van der Waals surface area contributed by atoms with Crippen LogP contribution in [0.3, 0.4) is 0 Å². The lowest BCUT2D eigenvalue weighted by Crippen LogP contribution is -2.48. The van der Waals surface area contributed by atoms with E-state index in [1.54, 1.807) is 0 Å². The van der Waals surface area contributed by atoms with Crippen LogP contribution in [-0.4, -0.2) is 17.7 Å². The molecule has 0 spiro atoms. The SMILES string of the molecule is CC(C)C1CC(Br)C2CC(C)C([Si](C)(C)C3C(C)CC4C(Br)CC(C(C)C)CC43)C2C1. The highest BCUT2D eigenvalue weighted by molar-refractivity contribution is 9.09. The van der Waals surface area contributed by atoms with Gasteiger partial charge in [0, 0.05) is 9.65 Å². The zero-order valence-corrected chi connectivity index (χ0v) is 25.8. The molecule has 0 saturated heterocycles. The fourth-order valence-electron chi connectivity index (χ4n) is 10.1. The van der Waals surface area contributed by atoms with Gasteiger partial charge in [-0.25, -0.2) is 0 Å². The highest BCUT2D eigenvalue weighted by atomic mass is 79.9. The number of hydrogen-bond acceptors (Lipinski definition) is 0. The number of alkyl halides is 2. The Morgan fingerprint density at radius 2 is 0.935 bits per heavy atom. The molecule has 0 aliphatic heterocycles. The van der Waals surface area contributed by atoms with E-state index in [9.17, 15) is 0 Å². The van der Waals surface area contributed by atoms with E-state index in [-0.39, 0.29) is 0 Å². The third-order valence-corrected chi connectivity index (χ3v) is 18.8. The molecule has 12 atom stereocenters. The molecule has 0 amide bonds. The molecule has 0 N–H and O–H groups in total. The van der Waals surface area contributed by atoms with E-state index in [0.29, 0.717) is 0 Å². The van der Waals surface area contributed by atoms with Crippen LogP contribution in [0.5, 0.6) is 0 Å². The summed E-state index contributed by atoms with van der Waals surface area (Å²) < 4.78 is 0. The second-order valence-electron chi connectivity index (χ2n) is 13.9. The van der Waals surface area contributed by atoms with Crippen molar-refractivity contribution >= 4 is 39.9 Å². The molecule has 0 nitrogen and oxygen atoms in total. The van der Waals surface area contributed by atoms with Gasteiger partial charge in [0.05, 0.1) is 8.07 Å². The summed E-state index contributed by atoms with van der Waals surface area (Å²) in [5.74, 6) is 9.34. The molecule has 3 heteroatoms. The van der Waals surface area contributed by atoms with Crippen LogP contribution < -0.4 is 0 Å². The largest absolute Gasteiger partial charge is 0.0887 e. The van der Waals surface area contributed by atoms with Crippen molar-refractivity contribution in [3.63, 3.8) is 0 Å². The Bertz CT molecular complexity index is 579. The van der Waals surface area contributed by atoms with Crippen LogP contribution in [0.4, 0.5) is 0 Å². The Labute approximate surface area is 212 Å². The van der Waals surface area contributed by atoms with Crippen LogP contribution in [0.25, 0.3) is 0 Å². The van der Waals surface area contributed by atoms with Gasteiger partial charge in [0.25, 0.3) is 0 Å². The third kappa shape index (κ3) is 4.46. The number of fused-ring (bicyclic) bond motifs is 2. The smallest absolute Gasteiger partial charge is 0.0546 e. The van der Waals surface area contributed by atoms with Gasteiger partial charge in [-0.05, 0) is 109 Å². The lowest BCUT2D eigenvalue weighted by molar-refractivity contribution is 0.171. The maximum atomic E-state index is 4.22. The number of rotatable bonds is 4. The monoisotopic (exact) mass is 572 g/mol. The predicted molar refractivity (Wildman–Crippen MR) is 147 cm³/mol. The van der Waals surface area contributed by atoms with Crippen LogP contribution in [-0.2, 0) is 0 Å². The fourth-order valence-corrected chi connectivity index (χ4v) is 18.9. The van der Waals surface area contributed by atoms with Crippen molar-refractivity contribution in [2.75, 3.05) is 0 Å². The fraction of sp³-hybridized carbons (Fsp3) is 1.00. The number of halogens is 2. The van der Waals surface area contributed by atoms with Crippen LogP contribution >= 0.6 is 31.9 Å². The summed E-state index contributed by atoms with van der Waals surface area (Å²) >= 11 is 8.43. The lowest BCUT2D eigenvalue weighted by Gasteiger charge is -2.50. The second kappa shape index (κ2) is 9.33. The molecule has 0 aromatic rings. The van der Waals surface area contributed by atoms with Gasteiger partial charge in [-0.2, -0.15) is 0 Å². The Kier molecular flexibility index (Phi) is 7.60. The van der Waals surface area contributed by atoms with Crippen molar-refractivity contribution in [2.45, 2.75) is 114 Å². The van der Waals surface area contributed by atoms with Crippen molar-refractivity contribution in [2.24, 2.45) is 59.2 Å². The molecule has 31 heavy (non-hydrogen) atoms. The molecule has 12 unspecified atom stereocenters. The van der Waals surface area contributed by atoms with Crippen LogP contribution in [0.2, 0.25) is 24.2 Å². The van der Waals surface area contributed by atoms with Gasteiger partial charge in [0.2, 0.25) is 0 Å². The van der Waals surface area contributed by atoms with E-state index in [1.807, 2.05) is 0 Å². The van der Waals surface area contributed by atoms with Crippen molar-refractivity contribution in [3.8, 4) is 0 Å². The average Bonchev–Trinajstić information content (AvgIpc) is 3.18. The zero-order valence-electron chi connectivity index (χ0n) is 21.6. The molecule has 0 aromatic carbocycles. The molecular weight excluding hydrogens is 524 g/mol. The second-order valence-corrected chi connectivity index (χ2v) is 21.3. The lowest BCUT2D eigenvalue weighted by atomic mass is 9.71. The summed E-state index contributed by atoms with van der Waals surface area (Å²) in [6.07, 6.45) is 8.90. The average molecular weight is 575 g/mol. The van der Waals surface area contributed by atoms with E-state index in [0.717, 1.165) is 79.9 Å². The van der Waals surface area contributed by atoms with E-state index in [1.165, 1.54) is 38.5 Å². The summed E-state index contributed by atoms with van der Waals surface area (Å²) in [4.78, 5) is 1.55. The minimum Gasteiger partial charge on any atom is -0.0887 e. The van der Waals surface area contributed by atoms with Crippen LogP contribution in [0.15, 0.2) is 0 Å². The molecule has 4 aliphatic rings. The van der Waals surface area contributed by atoms with Gasteiger partial charge >= 0.3 is 0 Å². The first kappa shape index (κ1) is 25.3. The van der Waals surface area contributed by atoms with Crippen molar-refractivity contribution in [1.29, 1.82) is 0 Å². The van der Waals surface area contributed by atoms with Gasteiger partial charge in [-0.15, -0.1) is 0 Å². The van der Waals surface area contributed by atoms with E-state index < -0.39 is 8.07 Å². The highest BCUT2D eigenvalue weighted by Gasteiger charge is 2.60. The van der Waals surface area contributed by atoms with Crippen LogP contribution in [0, 0.1) is 59.2 Å². The standard InChI is InChI=1S/C28H50Br2Si/c1-15(2)19-11-23-21(25(29)13-19)9-17(5)27(23)31(7,8)28-18(6)10-22-24(28)12-20(16(3)4)14-26(22)30/h15-28H,9-14H2,1-8H3. The Morgan fingerprint density at radius 1 is 0.581 bits per heavy atom. The van der Waals surface area contributed by atoms with E-state index in [4.69, 9.17) is 0 Å². The highest BCUT2D eigenvalue weighted by Crippen LogP contribution is 2.66. The van der Waals surface area contributed by atoms with Crippen molar-refractivity contribution < 1.29 is 0 Å². The topological polar surface area (TPSA) is 0 Å². The Hall–Kier alpha value is 1.18. The summed E-state index contributed by atoms with van der Waals surface area (Å²) in [5.41, 5.74) is 2.08. The van der Waals surface area contributed by atoms with E-state index >= 15 is 0 Å². The minimum absolute atomic E-state index is 0.775. The molecule has 0 aromatic heterocycles. The normalized spacial score (nSPS) is 50.7. The van der Waals surface area contributed by atoms with Gasteiger partial charge in [0.1, 0.15) is 0 Å². The van der Waals surface area contributed by atoms with Crippen molar-refractivity contribution in [3.05, 3.63) is 0 Å². The van der Waals surface area contributed by atoms with E-state index in [2.05, 4.69) is 86.5 Å². The summed E-state index contributed by atoms with van der Waals surface area (Å²) in [6, 6.07) is 0. The molecule has 0 heterocycles. The summed E-state index contributed by atoms with van der Waals surface area (Å²) in [6.45, 7) is 21.0. The first-order chi connectivity index (χ1) is 14.4. The third-order valence-electron chi connectivity index (χ3n) is 11.3. The molecule has 4 fully saturated rings. The van der Waals surface area contributed by atoms with Gasteiger partial charge < -0.3 is 0 Å². The Balaban J connectivity index is 1.63. The summed E-state index contributed by atoms with van der Waals surface area (Å²) in [7, 11) is -1.41. The molecule has 4 saturated carbocycles. The molecule has 4 rings (SSSR count). The Morgan fingerprint density at radius 3 is 1.26 bits per heavy atom. The molecule has 0 bridgehead atoms. The molecular formula is C28H50Br2Si. The molecule has 4 aliphatic carbocycles. The van der Waals surface area contributed by atoms with Gasteiger partial charge in [0.15, 0.2) is 0 Å². The minimum atomic E-state index is -1.41. The van der Waals surface area contributed by atoms with Gasteiger partial charge in [-0.1, -0.05) is 86.5 Å². The maximum Gasteiger partial charge on any atom is 0.0546 e. The molecule has 0 radical (unpaired) electrons. The number of hydrogen-bond donors (Lipinski definition) is 0. The zero-order chi connectivity index (χ0) is 22.8. The van der Waals surface area contributed by atoms with Gasteiger partial charge in [-0.3, -0.25) is 0 Å². The predicted octanol–water partition coefficient (Wildman–Crippen LogP) is 9.64.